The summed E-state index contributed by atoms with van der Waals surface area (Å²) in [6, 6.07) is 4.03. The van der Waals surface area contributed by atoms with Crippen LogP contribution in [0.2, 0.25) is 0 Å². The van der Waals surface area contributed by atoms with Crippen molar-refractivity contribution in [3.8, 4) is 0 Å². The summed E-state index contributed by atoms with van der Waals surface area (Å²) in [6.07, 6.45) is -5.21. The second-order valence-corrected chi connectivity index (χ2v) is 4.70. The third-order valence-electron chi connectivity index (χ3n) is 2.03. The van der Waals surface area contributed by atoms with E-state index in [1.807, 2.05) is 0 Å². The van der Waals surface area contributed by atoms with E-state index in [1.54, 1.807) is 13.0 Å². The van der Waals surface area contributed by atoms with Crippen LogP contribution in [0, 0.1) is 13.8 Å². The molecule has 90 valence electrons. The second kappa shape index (κ2) is 4.06. The van der Waals surface area contributed by atoms with Crippen molar-refractivity contribution >= 4 is 10.1 Å². The van der Waals surface area contributed by atoms with E-state index in [9.17, 15) is 21.6 Å². The Bertz CT molecular complexity index is 491. The molecule has 1 rings (SSSR count). The highest BCUT2D eigenvalue weighted by Gasteiger charge is 2.38. The number of aryl methyl sites for hydroxylation is 1. The summed E-state index contributed by atoms with van der Waals surface area (Å²) in [5.74, 6) is 0. The standard InChI is InChI=1S/C9H9F3O3S/c1-6-4-3-5-8(7(6)2)16(13,14)15-9(10,11)12/h3-5H,1-2H3. The van der Waals surface area contributed by atoms with E-state index in [0.29, 0.717) is 5.56 Å². The highest BCUT2D eigenvalue weighted by molar-refractivity contribution is 7.86. The van der Waals surface area contributed by atoms with Gasteiger partial charge in [-0.25, -0.2) is 0 Å². The Morgan fingerprint density at radius 3 is 2.25 bits per heavy atom. The van der Waals surface area contributed by atoms with Gasteiger partial charge in [0.25, 0.3) is 0 Å². The maximum Gasteiger partial charge on any atom is 0.537 e. The van der Waals surface area contributed by atoms with E-state index in [0.717, 1.165) is 6.07 Å². The highest BCUT2D eigenvalue weighted by atomic mass is 32.2. The predicted octanol–water partition coefficient (Wildman–Crippen LogP) is 2.53. The minimum absolute atomic E-state index is 0.242. The summed E-state index contributed by atoms with van der Waals surface area (Å²) in [6.45, 7) is 3.02. The van der Waals surface area contributed by atoms with E-state index in [2.05, 4.69) is 4.18 Å². The SMILES string of the molecule is Cc1cccc(S(=O)(=O)OC(F)(F)F)c1C. The lowest BCUT2D eigenvalue weighted by Gasteiger charge is -2.11. The molecular formula is C9H9F3O3S. The molecule has 7 heteroatoms. The summed E-state index contributed by atoms with van der Waals surface area (Å²) in [4.78, 5) is -0.468. The first-order chi connectivity index (χ1) is 7.13. The van der Waals surface area contributed by atoms with Crippen molar-refractivity contribution < 1.29 is 25.8 Å². The molecule has 1 aromatic carbocycles. The molecule has 0 unspecified atom stereocenters. The largest absolute Gasteiger partial charge is 0.537 e. The summed E-state index contributed by atoms with van der Waals surface area (Å²) in [5.41, 5.74) is 0.818. The van der Waals surface area contributed by atoms with Gasteiger partial charge >= 0.3 is 16.5 Å². The molecule has 0 atom stereocenters. The molecule has 0 aromatic heterocycles. The number of halogens is 3. The molecule has 0 bridgehead atoms. The average Bonchev–Trinajstić information content (AvgIpc) is 2.05. The van der Waals surface area contributed by atoms with Gasteiger partial charge in [-0.15, -0.1) is 13.2 Å². The van der Waals surface area contributed by atoms with Crippen LogP contribution in [0.4, 0.5) is 13.2 Å². The van der Waals surface area contributed by atoms with E-state index < -0.39 is 21.4 Å². The van der Waals surface area contributed by atoms with Gasteiger partial charge < -0.3 is 0 Å². The van der Waals surface area contributed by atoms with Gasteiger partial charge in [-0.2, -0.15) is 12.6 Å². The molecule has 0 saturated heterocycles. The molecule has 0 heterocycles. The molecule has 3 nitrogen and oxygen atoms in total. The topological polar surface area (TPSA) is 43.4 Å². The zero-order valence-corrected chi connectivity index (χ0v) is 9.32. The van der Waals surface area contributed by atoms with Crippen LogP contribution >= 0.6 is 0 Å². The molecule has 0 spiro atoms. The van der Waals surface area contributed by atoms with Crippen molar-refractivity contribution in [1.29, 1.82) is 0 Å². The van der Waals surface area contributed by atoms with Crippen molar-refractivity contribution in [2.75, 3.05) is 0 Å². The third kappa shape index (κ3) is 2.96. The first-order valence-electron chi connectivity index (χ1n) is 4.22. The van der Waals surface area contributed by atoms with E-state index >= 15 is 0 Å². The lowest BCUT2D eigenvalue weighted by atomic mass is 10.1. The zero-order valence-electron chi connectivity index (χ0n) is 8.50. The predicted molar refractivity (Wildman–Crippen MR) is 50.2 cm³/mol. The molecule has 1 aromatic rings. The molecule has 0 saturated carbocycles. The Labute approximate surface area is 91.0 Å². The van der Waals surface area contributed by atoms with Crippen LogP contribution in [-0.4, -0.2) is 14.8 Å². The van der Waals surface area contributed by atoms with Crippen molar-refractivity contribution in [1.82, 2.24) is 0 Å². The number of benzene rings is 1. The molecule has 16 heavy (non-hydrogen) atoms. The van der Waals surface area contributed by atoms with Gasteiger partial charge in [0.05, 0.1) is 4.90 Å². The molecule has 0 amide bonds. The van der Waals surface area contributed by atoms with Crippen LogP contribution < -0.4 is 0 Å². The summed E-state index contributed by atoms with van der Waals surface area (Å²) in [7, 11) is -4.80. The Morgan fingerprint density at radius 1 is 1.19 bits per heavy atom. The molecule has 0 aliphatic rings. The lowest BCUT2D eigenvalue weighted by Crippen LogP contribution is -2.20. The van der Waals surface area contributed by atoms with Crippen LogP contribution in [0.3, 0.4) is 0 Å². The Morgan fingerprint density at radius 2 is 1.75 bits per heavy atom. The maximum atomic E-state index is 11.9. The third-order valence-corrected chi connectivity index (χ3v) is 3.42. The number of hydrogen-bond donors (Lipinski definition) is 0. The summed E-state index contributed by atoms with van der Waals surface area (Å²) < 4.78 is 61.3. The van der Waals surface area contributed by atoms with Crippen LogP contribution in [-0.2, 0) is 14.3 Å². The average molecular weight is 254 g/mol. The normalized spacial score (nSPS) is 12.8. The Balaban J connectivity index is 3.24. The van der Waals surface area contributed by atoms with Crippen LogP contribution in [0.25, 0.3) is 0 Å². The van der Waals surface area contributed by atoms with E-state index in [4.69, 9.17) is 0 Å². The number of alkyl halides is 3. The van der Waals surface area contributed by atoms with Gasteiger partial charge in [0, 0.05) is 0 Å². The van der Waals surface area contributed by atoms with Gasteiger partial charge in [0.2, 0.25) is 0 Å². The number of rotatable bonds is 2. The van der Waals surface area contributed by atoms with Crippen molar-refractivity contribution in [3.63, 3.8) is 0 Å². The zero-order chi connectivity index (χ0) is 12.6. The molecule has 0 aliphatic heterocycles. The molecule has 0 N–H and O–H groups in total. The molecule has 0 radical (unpaired) electrons. The van der Waals surface area contributed by atoms with Crippen LogP contribution in [0.5, 0.6) is 0 Å². The van der Waals surface area contributed by atoms with Crippen molar-refractivity contribution in [3.05, 3.63) is 29.3 Å². The highest BCUT2D eigenvalue weighted by Crippen LogP contribution is 2.27. The summed E-state index contributed by atoms with van der Waals surface area (Å²) >= 11 is 0. The van der Waals surface area contributed by atoms with Gasteiger partial charge in [0.1, 0.15) is 0 Å². The summed E-state index contributed by atoms with van der Waals surface area (Å²) in [5, 5.41) is 0. The maximum absolute atomic E-state index is 11.9. The smallest absolute Gasteiger partial charge is 0.194 e. The van der Waals surface area contributed by atoms with Gasteiger partial charge in [-0.3, -0.25) is 0 Å². The minimum atomic E-state index is -5.21. The van der Waals surface area contributed by atoms with Crippen LogP contribution in [0.15, 0.2) is 23.1 Å². The first kappa shape index (κ1) is 13.0. The van der Waals surface area contributed by atoms with Crippen molar-refractivity contribution in [2.45, 2.75) is 25.1 Å². The fraction of sp³-hybridized carbons (Fsp3) is 0.333. The lowest BCUT2D eigenvalue weighted by molar-refractivity contribution is -0.271. The monoisotopic (exact) mass is 254 g/mol. The van der Waals surface area contributed by atoms with Crippen LogP contribution in [0.1, 0.15) is 11.1 Å². The molecule has 0 aliphatic carbocycles. The van der Waals surface area contributed by atoms with E-state index in [-0.39, 0.29) is 5.56 Å². The quantitative estimate of drug-likeness (QED) is 0.762. The van der Waals surface area contributed by atoms with Gasteiger partial charge in [0.15, 0.2) is 0 Å². The van der Waals surface area contributed by atoms with Crippen molar-refractivity contribution in [2.24, 2.45) is 0 Å². The van der Waals surface area contributed by atoms with Gasteiger partial charge in [-0.1, -0.05) is 12.1 Å². The number of hydrogen-bond acceptors (Lipinski definition) is 3. The fourth-order valence-corrected chi connectivity index (χ4v) is 2.28. The molecule has 0 fully saturated rings. The fourth-order valence-electron chi connectivity index (χ4n) is 1.16. The Kier molecular flexibility index (Phi) is 3.30. The molecular weight excluding hydrogens is 245 g/mol. The first-order valence-corrected chi connectivity index (χ1v) is 5.63. The minimum Gasteiger partial charge on any atom is -0.194 e. The second-order valence-electron chi connectivity index (χ2n) is 3.18. The Hall–Kier alpha value is -1.08. The van der Waals surface area contributed by atoms with Gasteiger partial charge in [-0.05, 0) is 31.0 Å². The van der Waals surface area contributed by atoms with E-state index in [1.165, 1.54) is 13.0 Å².